The normalized spacial score (nSPS) is 37.5. The highest BCUT2D eigenvalue weighted by Gasteiger charge is 2.21. The molecule has 0 amide bonds. The Morgan fingerprint density at radius 2 is 2.31 bits per heavy atom. The van der Waals surface area contributed by atoms with Crippen LogP contribution in [0, 0.1) is 5.92 Å². The Morgan fingerprint density at radius 3 is 3.00 bits per heavy atom. The molecule has 2 rings (SSSR count). The molecule has 1 saturated heterocycles. The number of rotatable bonds is 2. The van der Waals surface area contributed by atoms with Crippen LogP contribution < -0.4 is 5.32 Å². The molecule has 0 aromatic rings. The summed E-state index contributed by atoms with van der Waals surface area (Å²) in [5, 5.41) is 12.6. The summed E-state index contributed by atoms with van der Waals surface area (Å²) in [4.78, 5) is 0. The maximum atomic E-state index is 9.15. The van der Waals surface area contributed by atoms with Crippen molar-refractivity contribution in [1.82, 2.24) is 5.32 Å². The van der Waals surface area contributed by atoms with Crippen molar-refractivity contribution >= 4 is 0 Å². The quantitative estimate of drug-likeness (QED) is 0.632. The molecule has 0 aromatic carbocycles. The topological polar surface area (TPSA) is 32.3 Å². The van der Waals surface area contributed by atoms with Crippen molar-refractivity contribution in [2.45, 2.75) is 38.1 Å². The van der Waals surface area contributed by atoms with Gasteiger partial charge in [0, 0.05) is 18.6 Å². The van der Waals surface area contributed by atoms with E-state index < -0.39 is 0 Å². The van der Waals surface area contributed by atoms with E-state index in [1.807, 2.05) is 0 Å². The van der Waals surface area contributed by atoms with Crippen LogP contribution in [0.25, 0.3) is 0 Å². The number of aliphatic hydroxyl groups excluding tert-OH is 1. The third-order valence-electron chi connectivity index (χ3n) is 3.28. The lowest BCUT2D eigenvalue weighted by Crippen LogP contribution is -2.19. The fourth-order valence-corrected chi connectivity index (χ4v) is 2.48. The predicted molar refractivity (Wildman–Crippen MR) is 53.5 cm³/mol. The molecule has 2 atom stereocenters. The summed E-state index contributed by atoms with van der Waals surface area (Å²) in [7, 11) is 0. The molecular weight excluding hydrogens is 162 g/mol. The summed E-state index contributed by atoms with van der Waals surface area (Å²) in [6.45, 7) is 1.51. The molecule has 1 aliphatic carbocycles. The highest BCUT2D eigenvalue weighted by molar-refractivity contribution is 5.15. The van der Waals surface area contributed by atoms with Crippen molar-refractivity contribution in [1.29, 1.82) is 0 Å². The molecule has 0 radical (unpaired) electrons. The van der Waals surface area contributed by atoms with Gasteiger partial charge in [-0.1, -0.05) is 11.6 Å². The molecule has 0 bridgehead atoms. The van der Waals surface area contributed by atoms with Gasteiger partial charge in [-0.3, -0.25) is 0 Å². The first-order chi connectivity index (χ1) is 6.40. The largest absolute Gasteiger partial charge is 0.396 e. The minimum Gasteiger partial charge on any atom is -0.396 e. The molecule has 13 heavy (non-hydrogen) atoms. The Bertz CT molecular complexity index is 194. The second-order valence-electron chi connectivity index (χ2n) is 4.22. The van der Waals surface area contributed by atoms with E-state index in [0.717, 1.165) is 6.54 Å². The summed E-state index contributed by atoms with van der Waals surface area (Å²) in [5.74, 6) is 0.474. The summed E-state index contributed by atoms with van der Waals surface area (Å²) in [6, 6.07) is 0.599. The molecule has 2 heteroatoms. The SMILES string of the molecule is OC[C@@H]1CCC/C1=C\[C@@H]1CCCN1. The minimum atomic E-state index is 0.346. The zero-order valence-corrected chi connectivity index (χ0v) is 8.13. The molecule has 0 aromatic heterocycles. The first-order valence-electron chi connectivity index (χ1n) is 5.45. The predicted octanol–water partition coefficient (Wildman–Crippen LogP) is 1.46. The van der Waals surface area contributed by atoms with Crippen molar-refractivity contribution in [2.24, 2.45) is 5.92 Å². The minimum absolute atomic E-state index is 0.346. The second kappa shape index (κ2) is 4.25. The number of nitrogens with one attached hydrogen (secondary N) is 1. The number of hydrogen-bond donors (Lipinski definition) is 2. The average molecular weight is 181 g/mol. The molecular formula is C11H19NO. The smallest absolute Gasteiger partial charge is 0.0496 e. The van der Waals surface area contributed by atoms with Crippen molar-refractivity contribution in [3.05, 3.63) is 11.6 Å². The zero-order valence-electron chi connectivity index (χ0n) is 8.13. The van der Waals surface area contributed by atoms with E-state index in [1.165, 1.54) is 37.7 Å². The highest BCUT2D eigenvalue weighted by atomic mass is 16.3. The summed E-state index contributed by atoms with van der Waals surface area (Å²) >= 11 is 0. The Morgan fingerprint density at radius 1 is 1.38 bits per heavy atom. The van der Waals surface area contributed by atoms with Crippen molar-refractivity contribution in [3.8, 4) is 0 Å². The Balaban J connectivity index is 1.96. The van der Waals surface area contributed by atoms with Gasteiger partial charge in [0.1, 0.15) is 0 Å². The number of hydrogen-bond acceptors (Lipinski definition) is 2. The fraction of sp³-hybridized carbons (Fsp3) is 0.818. The lowest BCUT2D eigenvalue weighted by molar-refractivity contribution is 0.249. The van der Waals surface area contributed by atoms with E-state index in [4.69, 9.17) is 5.11 Å². The van der Waals surface area contributed by atoms with Gasteiger partial charge >= 0.3 is 0 Å². The fourth-order valence-electron chi connectivity index (χ4n) is 2.48. The van der Waals surface area contributed by atoms with Crippen LogP contribution in [0.2, 0.25) is 0 Å². The molecule has 74 valence electrons. The van der Waals surface area contributed by atoms with Crippen molar-refractivity contribution in [2.75, 3.05) is 13.2 Å². The van der Waals surface area contributed by atoms with Crippen molar-refractivity contribution in [3.63, 3.8) is 0 Å². The van der Waals surface area contributed by atoms with E-state index in [-0.39, 0.29) is 0 Å². The first-order valence-corrected chi connectivity index (χ1v) is 5.45. The molecule has 0 spiro atoms. The van der Waals surface area contributed by atoms with E-state index in [2.05, 4.69) is 11.4 Å². The van der Waals surface area contributed by atoms with Gasteiger partial charge in [0.2, 0.25) is 0 Å². The van der Waals surface area contributed by atoms with Gasteiger partial charge in [-0.15, -0.1) is 0 Å². The van der Waals surface area contributed by atoms with Gasteiger partial charge in [0.05, 0.1) is 0 Å². The third kappa shape index (κ3) is 2.12. The van der Waals surface area contributed by atoms with Crippen LogP contribution in [0.5, 0.6) is 0 Å². The van der Waals surface area contributed by atoms with Crippen LogP contribution in [-0.2, 0) is 0 Å². The van der Waals surface area contributed by atoms with E-state index >= 15 is 0 Å². The Labute approximate surface area is 80.0 Å². The molecule has 1 heterocycles. The van der Waals surface area contributed by atoms with Gasteiger partial charge in [0.15, 0.2) is 0 Å². The zero-order chi connectivity index (χ0) is 9.10. The Hall–Kier alpha value is -0.340. The summed E-state index contributed by atoms with van der Waals surface area (Å²) < 4.78 is 0. The standard InChI is InChI=1S/C11H19NO/c13-8-10-4-1-3-9(10)7-11-5-2-6-12-11/h7,10-13H,1-6,8H2/b9-7+/t10-,11-/m0/s1. The molecule has 2 nitrogen and oxygen atoms in total. The van der Waals surface area contributed by atoms with Crippen LogP contribution in [0.15, 0.2) is 11.6 Å². The molecule has 2 fully saturated rings. The van der Waals surface area contributed by atoms with Crippen LogP contribution in [0.1, 0.15) is 32.1 Å². The van der Waals surface area contributed by atoms with E-state index in [9.17, 15) is 0 Å². The molecule has 2 aliphatic rings. The van der Waals surface area contributed by atoms with Crippen LogP contribution in [0.4, 0.5) is 0 Å². The van der Waals surface area contributed by atoms with Crippen LogP contribution >= 0.6 is 0 Å². The van der Waals surface area contributed by atoms with Crippen LogP contribution in [-0.4, -0.2) is 24.3 Å². The van der Waals surface area contributed by atoms with Gasteiger partial charge in [-0.05, 0) is 38.6 Å². The lowest BCUT2D eigenvalue weighted by Gasteiger charge is -2.11. The Kier molecular flexibility index (Phi) is 3.01. The lowest BCUT2D eigenvalue weighted by atomic mass is 10.0. The van der Waals surface area contributed by atoms with Gasteiger partial charge in [-0.25, -0.2) is 0 Å². The highest BCUT2D eigenvalue weighted by Crippen LogP contribution is 2.31. The van der Waals surface area contributed by atoms with Gasteiger partial charge in [0.25, 0.3) is 0 Å². The maximum Gasteiger partial charge on any atom is 0.0496 e. The van der Waals surface area contributed by atoms with E-state index in [0.29, 0.717) is 18.6 Å². The van der Waals surface area contributed by atoms with Crippen LogP contribution in [0.3, 0.4) is 0 Å². The molecule has 2 N–H and O–H groups in total. The van der Waals surface area contributed by atoms with Crippen molar-refractivity contribution < 1.29 is 5.11 Å². The average Bonchev–Trinajstić information content (AvgIpc) is 2.76. The molecule has 0 unspecified atom stereocenters. The third-order valence-corrected chi connectivity index (χ3v) is 3.28. The molecule has 1 aliphatic heterocycles. The first kappa shape index (κ1) is 9.22. The van der Waals surface area contributed by atoms with Gasteiger partial charge in [-0.2, -0.15) is 0 Å². The summed E-state index contributed by atoms with van der Waals surface area (Å²) in [6.07, 6.45) is 8.63. The molecule has 1 saturated carbocycles. The second-order valence-corrected chi connectivity index (χ2v) is 4.22. The monoisotopic (exact) mass is 181 g/mol. The van der Waals surface area contributed by atoms with Gasteiger partial charge < -0.3 is 10.4 Å². The summed E-state index contributed by atoms with van der Waals surface area (Å²) in [5.41, 5.74) is 1.50. The number of aliphatic hydroxyl groups is 1. The van der Waals surface area contributed by atoms with E-state index in [1.54, 1.807) is 0 Å². The maximum absolute atomic E-state index is 9.15.